The van der Waals surface area contributed by atoms with E-state index < -0.39 is 0 Å². The second-order valence-corrected chi connectivity index (χ2v) is 5.32. The number of ether oxygens (including phenoxy) is 1. The van der Waals surface area contributed by atoms with E-state index in [0.717, 1.165) is 25.3 Å². The molecule has 1 aliphatic rings. The standard InChI is InChI=1S/C15H16ClN3O/c16-12-4-1-5-13(7-12)20-14-9-18-15(19-10-14)11-3-2-6-17-8-11/h1,4-5,7,9-11,17H,2-3,6,8H2. The summed E-state index contributed by atoms with van der Waals surface area (Å²) in [6.07, 6.45) is 5.76. The van der Waals surface area contributed by atoms with Gasteiger partial charge in [-0.1, -0.05) is 17.7 Å². The third-order valence-corrected chi connectivity index (χ3v) is 3.58. The van der Waals surface area contributed by atoms with E-state index in [-0.39, 0.29) is 0 Å². The molecule has 2 heterocycles. The van der Waals surface area contributed by atoms with Gasteiger partial charge in [-0.3, -0.25) is 0 Å². The quantitative estimate of drug-likeness (QED) is 0.941. The van der Waals surface area contributed by atoms with Gasteiger partial charge in [0.2, 0.25) is 0 Å². The minimum absolute atomic E-state index is 0.406. The molecule has 104 valence electrons. The molecular formula is C15H16ClN3O. The first-order valence-corrected chi connectivity index (χ1v) is 7.15. The predicted molar refractivity (Wildman–Crippen MR) is 78.4 cm³/mol. The van der Waals surface area contributed by atoms with Gasteiger partial charge in [-0.25, -0.2) is 9.97 Å². The van der Waals surface area contributed by atoms with Gasteiger partial charge in [0.25, 0.3) is 0 Å². The van der Waals surface area contributed by atoms with Crippen LogP contribution >= 0.6 is 11.6 Å². The van der Waals surface area contributed by atoms with Crippen LogP contribution in [-0.4, -0.2) is 23.1 Å². The Bertz CT molecular complexity index is 568. The van der Waals surface area contributed by atoms with Crippen molar-refractivity contribution in [3.63, 3.8) is 0 Å². The Hall–Kier alpha value is -1.65. The maximum atomic E-state index is 5.92. The Morgan fingerprint density at radius 3 is 2.75 bits per heavy atom. The average molecular weight is 290 g/mol. The summed E-state index contributed by atoms with van der Waals surface area (Å²) < 4.78 is 5.68. The van der Waals surface area contributed by atoms with E-state index in [1.807, 2.05) is 18.2 Å². The molecule has 0 saturated carbocycles. The van der Waals surface area contributed by atoms with Crippen LogP contribution in [0.1, 0.15) is 24.6 Å². The molecule has 1 fully saturated rings. The van der Waals surface area contributed by atoms with Crippen molar-refractivity contribution in [3.8, 4) is 11.5 Å². The lowest BCUT2D eigenvalue weighted by Gasteiger charge is -2.21. The Balaban J connectivity index is 1.69. The molecule has 2 aromatic rings. The van der Waals surface area contributed by atoms with Crippen LogP contribution in [0.15, 0.2) is 36.7 Å². The number of benzene rings is 1. The fourth-order valence-electron chi connectivity index (χ4n) is 2.33. The molecule has 4 nitrogen and oxygen atoms in total. The van der Waals surface area contributed by atoms with Gasteiger partial charge < -0.3 is 10.1 Å². The highest BCUT2D eigenvalue weighted by Crippen LogP contribution is 2.25. The minimum atomic E-state index is 0.406. The topological polar surface area (TPSA) is 47.0 Å². The number of nitrogens with zero attached hydrogens (tertiary/aromatic N) is 2. The summed E-state index contributed by atoms with van der Waals surface area (Å²) in [6, 6.07) is 7.27. The van der Waals surface area contributed by atoms with E-state index >= 15 is 0 Å². The van der Waals surface area contributed by atoms with Crippen LogP contribution in [0.2, 0.25) is 5.02 Å². The number of rotatable bonds is 3. The highest BCUT2D eigenvalue weighted by Gasteiger charge is 2.17. The molecule has 1 unspecified atom stereocenters. The predicted octanol–water partition coefficient (Wildman–Crippen LogP) is 3.39. The fraction of sp³-hybridized carbons (Fsp3) is 0.333. The van der Waals surface area contributed by atoms with Crippen LogP contribution in [0.3, 0.4) is 0 Å². The van der Waals surface area contributed by atoms with E-state index in [0.29, 0.717) is 22.4 Å². The first kappa shape index (κ1) is 13.3. The number of piperidine rings is 1. The second kappa shape index (κ2) is 6.20. The molecule has 0 aliphatic carbocycles. The molecule has 1 aromatic carbocycles. The maximum Gasteiger partial charge on any atom is 0.164 e. The molecule has 1 saturated heterocycles. The Labute approximate surface area is 123 Å². The van der Waals surface area contributed by atoms with Crippen LogP contribution in [0.4, 0.5) is 0 Å². The zero-order valence-electron chi connectivity index (χ0n) is 11.1. The van der Waals surface area contributed by atoms with Crippen LogP contribution in [0.25, 0.3) is 0 Å². The van der Waals surface area contributed by atoms with Crippen molar-refractivity contribution in [1.29, 1.82) is 0 Å². The largest absolute Gasteiger partial charge is 0.454 e. The normalized spacial score (nSPS) is 18.8. The Morgan fingerprint density at radius 2 is 2.05 bits per heavy atom. The molecule has 3 rings (SSSR count). The molecule has 20 heavy (non-hydrogen) atoms. The zero-order chi connectivity index (χ0) is 13.8. The molecule has 1 atom stereocenters. The number of halogens is 1. The van der Waals surface area contributed by atoms with Gasteiger partial charge >= 0.3 is 0 Å². The van der Waals surface area contributed by atoms with E-state index in [1.54, 1.807) is 18.5 Å². The van der Waals surface area contributed by atoms with Gasteiger partial charge in [0.1, 0.15) is 11.6 Å². The molecular weight excluding hydrogens is 274 g/mol. The summed E-state index contributed by atoms with van der Waals surface area (Å²) in [5.41, 5.74) is 0. The third-order valence-electron chi connectivity index (χ3n) is 3.34. The van der Waals surface area contributed by atoms with Crippen molar-refractivity contribution >= 4 is 11.6 Å². The number of aromatic nitrogens is 2. The van der Waals surface area contributed by atoms with Crippen LogP contribution in [-0.2, 0) is 0 Å². The van der Waals surface area contributed by atoms with Gasteiger partial charge in [-0.2, -0.15) is 0 Å². The third kappa shape index (κ3) is 3.26. The minimum Gasteiger partial charge on any atom is -0.454 e. The van der Waals surface area contributed by atoms with Gasteiger partial charge in [-0.05, 0) is 37.6 Å². The van der Waals surface area contributed by atoms with Crippen molar-refractivity contribution in [3.05, 3.63) is 47.5 Å². The monoisotopic (exact) mass is 289 g/mol. The average Bonchev–Trinajstić information content (AvgIpc) is 2.49. The van der Waals surface area contributed by atoms with Gasteiger partial charge in [-0.15, -0.1) is 0 Å². The highest BCUT2D eigenvalue weighted by atomic mass is 35.5. The van der Waals surface area contributed by atoms with Crippen molar-refractivity contribution in [2.45, 2.75) is 18.8 Å². The van der Waals surface area contributed by atoms with Crippen molar-refractivity contribution < 1.29 is 4.74 Å². The molecule has 0 amide bonds. The highest BCUT2D eigenvalue weighted by molar-refractivity contribution is 6.30. The summed E-state index contributed by atoms with van der Waals surface area (Å²) in [5.74, 6) is 2.60. The maximum absolute atomic E-state index is 5.92. The number of hydrogen-bond donors (Lipinski definition) is 1. The smallest absolute Gasteiger partial charge is 0.164 e. The van der Waals surface area contributed by atoms with Crippen LogP contribution in [0.5, 0.6) is 11.5 Å². The van der Waals surface area contributed by atoms with Crippen LogP contribution in [0, 0.1) is 0 Å². The summed E-state index contributed by atoms with van der Waals surface area (Å²) in [6.45, 7) is 2.04. The summed E-state index contributed by atoms with van der Waals surface area (Å²) in [7, 11) is 0. The molecule has 1 aromatic heterocycles. The Kier molecular flexibility index (Phi) is 4.14. The summed E-state index contributed by atoms with van der Waals surface area (Å²) in [5, 5.41) is 4.01. The first-order chi connectivity index (χ1) is 9.81. The molecule has 0 radical (unpaired) electrons. The molecule has 0 bridgehead atoms. The van der Waals surface area contributed by atoms with Crippen molar-refractivity contribution in [1.82, 2.24) is 15.3 Å². The van der Waals surface area contributed by atoms with Crippen molar-refractivity contribution in [2.75, 3.05) is 13.1 Å². The fourth-order valence-corrected chi connectivity index (χ4v) is 2.51. The van der Waals surface area contributed by atoms with E-state index in [4.69, 9.17) is 16.3 Å². The molecule has 1 N–H and O–H groups in total. The van der Waals surface area contributed by atoms with Gasteiger partial charge in [0, 0.05) is 17.5 Å². The zero-order valence-corrected chi connectivity index (χ0v) is 11.8. The van der Waals surface area contributed by atoms with Crippen LogP contribution < -0.4 is 10.1 Å². The molecule has 5 heteroatoms. The lowest BCUT2D eigenvalue weighted by atomic mass is 9.99. The second-order valence-electron chi connectivity index (χ2n) is 4.88. The van der Waals surface area contributed by atoms with Gasteiger partial charge in [0.15, 0.2) is 5.75 Å². The number of hydrogen-bond acceptors (Lipinski definition) is 4. The summed E-state index contributed by atoms with van der Waals surface area (Å²) in [4.78, 5) is 8.82. The lowest BCUT2D eigenvalue weighted by molar-refractivity contribution is 0.440. The molecule has 0 spiro atoms. The SMILES string of the molecule is Clc1cccc(Oc2cnc(C3CCCNC3)nc2)c1. The Morgan fingerprint density at radius 1 is 1.20 bits per heavy atom. The van der Waals surface area contributed by atoms with Crippen molar-refractivity contribution in [2.24, 2.45) is 0 Å². The van der Waals surface area contributed by atoms with E-state index in [2.05, 4.69) is 15.3 Å². The van der Waals surface area contributed by atoms with Gasteiger partial charge in [0.05, 0.1) is 12.4 Å². The summed E-state index contributed by atoms with van der Waals surface area (Å²) >= 11 is 5.92. The first-order valence-electron chi connectivity index (χ1n) is 6.77. The van der Waals surface area contributed by atoms with E-state index in [1.165, 1.54) is 6.42 Å². The molecule has 1 aliphatic heterocycles. The number of nitrogens with one attached hydrogen (secondary N) is 1. The lowest BCUT2D eigenvalue weighted by Crippen LogP contribution is -2.29. The van der Waals surface area contributed by atoms with E-state index in [9.17, 15) is 0 Å².